The largest absolute Gasteiger partial charge is 0.312 e. The third-order valence-electron chi connectivity index (χ3n) is 4.29. The fraction of sp³-hybridized carbons (Fsp3) is 0.667. The van der Waals surface area contributed by atoms with Crippen molar-refractivity contribution in [2.24, 2.45) is 5.41 Å². The van der Waals surface area contributed by atoms with Crippen LogP contribution in [0.3, 0.4) is 0 Å². The Morgan fingerprint density at radius 1 is 1.15 bits per heavy atom. The van der Waals surface area contributed by atoms with E-state index in [0.717, 1.165) is 26.2 Å². The molecule has 1 heterocycles. The highest BCUT2D eigenvalue weighted by Gasteiger charge is 2.16. The van der Waals surface area contributed by atoms with Crippen LogP contribution in [0.15, 0.2) is 18.2 Å². The first kappa shape index (κ1) is 15.5. The average molecular weight is 274 g/mol. The minimum atomic E-state index is 0.410. The standard InChI is InChI=1S/C18H30N2/c1-4-5-6-9-18(2,3)14-20-11-15-7-8-16-12-19-13-17(16)10-15/h7-8,10,19-20H,4-6,9,11-14H2,1-3H3. The average Bonchev–Trinajstić information content (AvgIpc) is 2.86. The van der Waals surface area contributed by atoms with Gasteiger partial charge in [0.2, 0.25) is 0 Å². The molecule has 0 unspecified atom stereocenters. The van der Waals surface area contributed by atoms with Crippen LogP contribution in [0.2, 0.25) is 0 Å². The van der Waals surface area contributed by atoms with Crippen LogP contribution in [-0.4, -0.2) is 6.54 Å². The summed E-state index contributed by atoms with van der Waals surface area (Å²) in [5.74, 6) is 0. The van der Waals surface area contributed by atoms with Gasteiger partial charge in [0.05, 0.1) is 0 Å². The lowest BCUT2D eigenvalue weighted by molar-refractivity contribution is 0.302. The second kappa shape index (κ2) is 7.24. The van der Waals surface area contributed by atoms with E-state index in [-0.39, 0.29) is 0 Å². The van der Waals surface area contributed by atoms with E-state index in [1.807, 2.05) is 0 Å². The normalized spacial score (nSPS) is 14.6. The van der Waals surface area contributed by atoms with E-state index in [1.165, 1.54) is 42.4 Å². The van der Waals surface area contributed by atoms with Gasteiger partial charge >= 0.3 is 0 Å². The molecule has 1 aliphatic rings. The maximum atomic E-state index is 3.64. The Kier molecular flexibility index (Phi) is 5.62. The van der Waals surface area contributed by atoms with Crippen LogP contribution in [0.4, 0.5) is 0 Å². The molecular weight excluding hydrogens is 244 g/mol. The third-order valence-corrected chi connectivity index (χ3v) is 4.29. The molecule has 2 heteroatoms. The summed E-state index contributed by atoms with van der Waals surface area (Å²) in [5, 5.41) is 7.04. The molecule has 0 amide bonds. The number of rotatable bonds is 8. The molecular formula is C18H30N2. The molecule has 112 valence electrons. The van der Waals surface area contributed by atoms with E-state index in [9.17, 15) is 0 Å². The molecule has 2 rings (SSSR count). The number of hydrogen-bond acceptors (Lipinski definition) is 2. The third kappa shape index (κ3) is 4.60. The summed E-state index contributed by atoms with van der Waals surface area (Å²) in [6, 6.07) is 6.90. The minimum Gasteiger partial charge on any atom is -0.312 e. The summed E-state index contributed by atoms with van der Waals surface area (Å²) in [6.07, 6.45) is 5.35. The van der Waals surface area contributed by atoms with Crippen LogP contribution in [0, 0.1) is 5.41 Å². The number of hydrogen-bond donors (Lipinski definition) is 2. The number of unbranched alkanes of at least 4 members (excludes halogenated alkanes) is 2. The molecule has 1 aromatic carbocycles. The zero-order valence-electron chi connectivity index (χ0n) is 13.4. The van der Waals surface area contributed by atoms with E-state index >= 15 is 0 Å². The van der Waals surface area contributed by atoms with Crippen molar-refractivity contribution in [1.82, 2.24) is 10.6 Å². The van der Waals surface area contributed by atoms with Gasteiger partial charge in [-0.25, -0.2) is 0 Å². The van der Waals surface area contributed by atoms with Crippen molar-refractivity contribution in [2.75, 3.05) is 6.54 Å². The predicted octanol–water partition coefficient (Wildman–Crippen LogP) is 3.99. The second-order valence-corrected chi connectivity index (χ2v) is 6.93. The van der Waals surface area contributed by atoms with Crippen LogP contribution in [0.25, 0.3) is 0 Å². The van der Waals surface area contributed by atoms with Crippen LogP contribution >= 0.6 is 0 Å². The first-order chi connectivity index (χ1) is 9.61. The highest BCUT2D eigenvalue weighted by molar-refractivity contribution is 5.34. The monoisotopic (exact) mass is 274 g/mol. The molecule has 0 spiro atoms. The Hall–Kier alpha value is -0.860. The zero-order chi connectivity index (χ0) is 14.4. The first-order valence-electron chi connectivity index (χ1n) is 8.13. The molecule has 2 nitrogen and oxygen atoms in total. The van der Waals surface area contributed by atoms with Crippen LogP contribution < -0.4 is 10.6 Å². The van der Waals surface area contributed by atoms with Crippen molar-refractivity contribution < 1.29 is 0 Å². The summed E-state index contributed by atoms with van der Waals surface area (Å²) in [5.41, 5.74) is 4.77. The summed E-state index contributed by atoms with van der Waals surface area (Å²) < 4.78 is 0. The number of nitrogens with one attached hydrogen (secondary N) is 2. The molecule has 0 radical (unpaired) electrons. The molecule has 0 atom stereocenters. The fourth-order valence-electron chi connectivity index (χ4n) is 2.95. The minimum absolute atomic E-state index is 0.410. The Morgan fingerprint density at radius 3 is 2.75 bits per heavy atom. The van der Waals surface area contributed by atoms with Crippen molar-refractivity contribution in [3.05, 3.63) is 34.9 Å². The Bertz CT molecular complexity index is 423. The van der Waals surface area contributed by atoms with Gasteiger partial charge in [-0.1, -0.05) is 58.2 Å². The molecule has 1 aromatic rings. The van der Waals surface area contributed by atoms with Crippen molar-refractivity contribution in [2.45, 2.75) is 66.1 Å². The van der Waals surface area contributed by atoms with Crippen molar-refractivity contribution in [1.29, 1.82) is 0 Å². The van der Waals surface area contributed by atoms with Crippen LogP contribution in [-0.2, 0) is 19.6 Å². The van der Waals surface area contributed by atoms with Gasteiger partial charge in [-0.2, -0.15) is 0 Å². The van der Waals surface area contributed by atoms with E-state index in [1.54, 1.807) is 0 Å². The van der Waals surface area contributed by atoms with Crippen molar-refractivity contribution in [3.8, 4) is 0 Å². The quantitative estimate of drug-likeness (QED) is 0.701. The van der Waals surface area contributed by atoms with Gasteiger partial charge in [0.15, 0.2) is 0 Å². The molecule has 0 aromatic heterocycles. The number of benzene rings is 1. The molecule has 0 bridgehead atoms. The fourth-order valence-corrected chi connectivity index (χ4v) is 2.95. The van der Waals surface area contributed by atoms with Gasteiger partial charge in [-0.15, -0.1) is 0 Å². The van der Waals surface area contributed by atoms with Gasteiger partial charge in [-0.3, -0.25) is 0 Å². The lowest BCUT2D eigenvalue weighted by Crippen LogP contribution is -2.29. The van der Waals surface area contributed by atoms with Crippen LogP contribution in [0.1, 0.15) is 63.1 Å². The van der Waals surface area contributed by atoms with Gasteiger partial charge in [0, 0.05) is 26.2 Å². The Labute approximate surface area is 124 Å². The highest BCUT2D eigenvalue weighted by Crippen LogP contribution is 2.23. The summed E-state index contributed by atoms with van der Waals surface area (Å²) in [7, 11) is 0. The number of fused-ring (bicyclic) bond motifs is 1. The van der Waals surface area contributed by atoms with Gasteiger partial charge in [0.25, 0.3) is 0 Å². The van der Waals surface area contributed by atoms with Gasteiger partial charge < -0.3 is 10.6 Å². The van der Waals surface area contributed by atoms with Gasteiger partial charge in [-0.05, 0) is 28.5 Å². The van der Waals surface area contributed by atoms with E-state index < -0.39 is 0 Å². The maximum absolute atomic E-state index is 3.64. The summed E-state index contributed by atoms with van der Waals surface area (Å²) in [6.45, 7) is 11.2. The Balaban J connectivity index is 1.75. The molecule has 20 heavy (non-hydrogen) atoms. The smallest absolute Gasteiger partial charge is 0.0212 e. The molecule has 0 aliphatic carbocycles. The molecule has 1 aliphatic heterocycles. The zero-order valence-corrected chi connectivity index (χ0v) is 13.4. The Morgan fingerprint density at radius 2 is 1.95 bits per heavy atom. The lowest BCUT2D eigenvalue weighted by Gasteiger charge is -2.25. The highest BCUT2D eigenvalue weighted by atomic mass is 14.9. The van der Waals surface area contributed by atoms with E-state index in [2.05, 4.69) is 49.6 Å². The molecule has 0 saturated carbocycles. The molecule has 2 N–H and O–H groups in total. The first-order valence-corrected chi connectivity index (χ1v) is 8.13. The van der Waals surface area contributed by atoms with Crippen molar-refractivity contribution in [3.63, 3.8) is 0 Å². The van der Waals surface area contributed by atoms with E-state index in [0.29, 0.717) is 5.41 Å². The van der Waals surface area contributed by atoms with Crippen molar-refractivity contribution >= 4 is 0 Å². The van der Waals surface area contributed by atoms with Crippen LogP contribution in [0.5, 0.6) is 0 Å². The lowest BCUT2D eigenvalue weighted by atomic mass is 9.87. The summed E-state index contributed by atoms with van der Waals surface area (Å²) >= 11 is 0. The van der Waals surface area contributed by atoms with E-state index in [4.69, 9.17) is 0 Å². The SMILES string of the molecule is CCCCCC(C)(C)CNCc1ccc2c(c1)CNC2. The predicted molar refractivity (Wildman–Crippen MR) is 86.6 cm³/mol. The van der Waals surface area contributed by atoms with Gasteiger partial charge in [0.1, 0.15) is 0 Å². The summed E-state index contributed by atoms with van der Waals surface area (Å²) in [4.78, 5) is 0. The second-order valence-electron chi connectivity index (χ2n) is 6.93. The maximum Gasteiger partial charge on any atom is 0.0212 e. The molecule has 0 saturated heterocycles. The topological polar surface area (TPSA) is 24.1 Å². The molecule has 0 fully saturated rings.